The lowest BCUT2D eigenvalue weighted by molar-refractivity contribution is -0.137. The third-order valence-corrected chi connectivity index (χ3v) is 5.65. The van der Waals surface area contributed by atoms with E-state index in [1.54, 1.807) is 0 Å². The average molecular weight is 342 g/mol. The lowest BCUT2D eigenvalue weighted by Gasteiger charge is -2.48. The summed E-state index contributed by atoms with van der Waals surface area (Å²) >= 11 is 0. The van der Waals surface area contributed by atoms with E-state index in [0.717, 1.165) is 57.3 Å². The summed E-state index contributed by atoms with van der Waals surface area (Å²) in [6.45, 7) is 1.50. The molecule has 3 atom stereocenters. The molecule has 2 fully saturated rings. The zero-order chi connectivity index (χ0) is 17.4. The topological polar surface area (TPSA) is 68.2 Å². The second-order valence-corrected chi connectivity index (χ2v) is 7.15. The van der Waals surface area contributed by atoms with Crippen LogP contribution >= 0.6 is 0 Å². The number of anilines is 1. The highest BCUT2D eigenvalue weighted by molar-refractivity contribution is 5.40. The highest BCUT2D eigenvalue weighted by Crippen LogP contribution is 2.37. The molecule has 134 valence electrons. The van der Waals surface area contributed by atoms with E-state index in [4.69, 9.17) is 11.5 Å². The van der Waals surface area contributed by atoms with Crippen molar-refractivity contribution in [3.63, 3.8) is 0 Å². The Morgan fingerprint density at radius 3 is 2.58 bits per heavy atom. The number of pyridine rings is 1. The predicted molar refractivity (Wildman–Crippen MR) is 87.5 cm³/mol. The summed E-state index contributed by atoms with van der Waals surface area (Å²) in [6, 6.07) is 2.54. The molecule has 1 aromatic rings. The van der Waals surface area contributed by atoms with Crippen LogP contribution in [0.25, 0.3) is 0 Å². The molecule has 1 aliphatic heterocycles. The van der Waals surface area contributed by atoms with Crippen LogP contribution in [0.15, 0.2) is 18.3 Å². The summed E-state index contributed by atoms with van der Waals surface area (Å²) in [5, 5.41) is 0. The van der Waals surface area contributed by atoms with Crippen LogP contribution in [0.3, 0.4) is 0 Å². The van der Waals surface area contributed by atoms with Gasteiger partial charge in [-0.2, -0.15) is 13.2 Å². The van der Waals surface area contributed by atoms with Gasteiger partial charge in [0.1, 0.15) is 5.82 Å². The molecule has 0 aromatic carbocycles. The molecule has 1 aromatic heterocycles. The first-order valence-corrected chi connectivity index (χ1v) is 8.63. The standard InChI is InChI=1S/C17H25F3N4/c18-17(19,20)12-6-7-15(23-10-12)24-9-3-4-13(11-24)16(22)8-2-1-5-14(16)21/h6-7,10,13-14H,1-5,8-9,11,21-22H2/t13?,14?,16-/m0/s1. The Labute approximate surface area is 140 Å². The molecule has 2 unspecified atom stereocenters. The SMILES string of the molecule is NC1CCCC[C@]1(N)C1CCCN(c2ccc(C(F)(F)F)cn2)C1. The highest BCUT2D eigenvalue weighted by atomic mass is 19.4. The fourth-order valence-electron chi connectivity index (χ4n) is 4.12. The second-order valence-electron chi connectivity index (χ2n) is 7.15. The molecule has 2 heterocycles. The number of halogens is 3. The molecule has 24 heavy (non-hydrogen) atoms. The number of nitrogens with zero attached hydrogens (tertiary/aromatic N) is 2. The van der Waals surface area contributed by atoms with Gasteiger partial charge in [0.15, 0.2) is 0 Å². The molecule has 1 saturated carbocycles. The van der Waals surface area contributed by atoms with E-state index in [9.17, 15) is 13.2 Å². The normalized spacial score (nSPS) is 32.0. The van der Waals surface area contributed by atoms with Gasteiger partial charge in [-0.3, -0.25) is 0 Å². The summed E-state index contributed by atoms with van der Waals surface area (Å²) < 4.78 is 38.0. The number of piperidine rings is 1. The fourth-order valence-corrected chi connectivity index (χ4v) is 4.12. The van der Waals surface area contributed by atoms with Crippen molar-refractivity contribution in [1.82, 2.24) is 4.98 Å². The lowest BCUT2D eigenvalue weighted by atomic mass is 9.68. The van der Waals surface area contributed by atoms with E-state index in [0.29, 0.717) is 12.4 Å². The van der Waals surface area contributed by atoms with Crippen LogP contribution in [0.5, 0.6) is 0 Å². The van der Waals surface area contributed by atoms with Gasteiger partial charge in [-0.1, -0.05) is 12.8 Å². The van der Waals surface area contributed by atoms with Gasteiger partial charge in [-0.15, -0.1) is 0 Å². The number of hydrogen-bond acceptors (Lipinski definition) is 4. The minimum atomic E-state index is -4.36. The van der Waals surface area contributed by atoms with Crippen LogP contribution in [-0.4, -0.2) is 29.7 Å². The molecule has 4 N–H and O–H groups in total. The van der Waals surface area contributed by atoms with Crippen LogP contribution in [0.4, 0.5) is 19.0 Å². The van der Waals surface area contributed by atoms with E-state index in [-0.39, 0.29) is 17.5 Å². The van der Waals surface area contributed by atoms with Crippen molar-refractivity contribution in [2.45, 2.75) is 56.3 Å². The van der Waals surface area contributed by atoms with Crippen LogP contribution in [0.1, 0.15) is 44.1 Å². The Balaban J connectivity index is 1.73. The first-order chi connectivity index (χ1) is 11.3. The van der Waals surface area contributed by atoms with Crippen LogP contribution in [-0.2, 0) is 6.18 Å². The molecule has 0 amide bonds. The highest BCUT2D eigenvalue weighted by Gasteiger charge is 2.43. The first-order valence-electron chi connectivity index (χ1n) is 8.63. The smallest absolute Gasteiger partial charge is 0.356 e. The Hall–Kier alpha value is -1.34. The molecule has 7 heteroatoms. The number of alkyl halides is 3. The molecule has 0 spiro atoms. The van der Waals surface area contributed by atoms with Crippen molar-refractivity contribution < 1.29 is 13.2 Å². The monoisotopic (exact) mass is 342 g/mol. The molecular formula is C17H25F3N4. The third kappa shape index (κ3) is 3.37. The number of hydrogen-bond donors (Lipinski definition) is 2. The van der Waals surface area contributed by atoms with E-state index in [2.05, 4.69) is 4.98 Å². The molecule has 1 saturated heterocycles. The maximum absolute atomic E-state index is 12.7. The van der Waals surface area contributed by atoms with Crippen molar-refractivity contribution in [3.05, 3.63) is 23.9 Å². The second kappa shape index (κ2) is 6.52. The largest absolute Gasteiger partial charge is 0.417 e. The summed E-state index contributed by atoms with van der Waals surface area (Å²) in [7, 11) is 0. The van der Waals surface area contributed by atoms with Gasteiger partial charge in [0, 0.05) is 30.9 Å². The minimum Gasteiger partial charge on any atom is -0.356 e. The minimum absolute atomic E-state index is 0.00300. The Kier molecular flexibility index (Phi) is 4.75. The Morgan fingerprint density at radius 1 is 1.17 bits per heavy atom. The first kappa shape index (κ1) is 17.5. The van der Waals surface area contributed by atoms with E-state index in [1.807, 2.05) is 4.90 Å². The van der Waals surface area contributed by atoms with E-state index in [1.165, 1.54) is 6.07 Å². The molecule has 0 radical (unpaired) electrons. The summed E-state index contributed by atoms with van der Waals surface area (Å²) in [4.78, 5) is 6.07. The molecular weight excluding hydrogens is 317 g/mol. The van der Waals surface area contributed by atoms with Gasteiger partial charge in [0.25, 0.3) is 0 Å². The summed E-state index contributed by atoms with van der Waals surface area (Å²) in [5.41, 5.74) is 11.9. The molecule has 4 nitrogen and oxygen atoms in total. The van der Waals surface area contributed by atoms with Crippen LogP contribution < -0.4 is 16.4 Å². The zero-order valence-electron chi connectivity index (χ0n) is 13.7. The summed E-state index contributed by atoms with van der Waals surface area (Å²) in [6.07, 6.45) is 2.62. The van der Waals surface area contributed by atoms with Crippen molar-refractivity contribution in [1.29, 1.82) is 0 Å². The maximum atomic E-state index is 12.7. The van der Waals surface area contributed by atoms with E-state index < -0.39 is 11.7 Å². The zero-order valence-corrected chi connectivity index (χ0v) is 13.7. The number of rotatable bonds is 2. The van der Waals surface area contributed by atoms with Crippen molar-refractivity contribution in [2.24, 2.45) is 17.4 Å². The Bertz CT molecular complexity index is 560. The van der Waals surface area contributed by atoms with Gasteiger partial charge in [-0.25, -0.2) is 4.98 Å². The van der Waals surface area contributed by atoms with Gasteiger partial charge in [0.05, 0.1) is 5.56 Å². The molecule has 0 bridgehead atoms. The maximum Gasteiger partial charge on any atom is 0.417 e. The van der Waals surface area contributed by atoms with Gasteiger partial charge in [-0.05, 0) is 43.7 Å². The Morgan fingerprint density at radius 2 is 1.96 bits per heavy atom. The van der Waals surface area contributed by atoms with Gasteiger partial charge in [0.2, 0.25) is 0 Å². The van der Waals surface area contributed by atoms with Crippen LogP contribution in [0, 0.1) is 5.92 Å². The third-order valence-electron chi connectivity index (χ3n) is 5.65. The van der Waals surface area contributed by atoms with E-state index >= 15 is 0 Å². The number of aromatic nitrogens is 1. The predicted octanol–water partition coefficient (Wildman–Crippen LogP) is 2.92. The number of nitrogens with two attached hydrogens (primary N) is 2. The van der Waals surface area contributed by atoms with Crippen molar-refractivity contribution >= 4 is 5.82 Å². The molecule has 2 aliphatic rings. The lowest BCUT2D eigenvalue weighted by Crippen LogP contribution is -2.64. The molecule has 3 rings (SSSR count). The average Bonchev–Trinajstić information content (AvgIpc) is 2.57. The van der Waals surface area contributed by atoms with Gasteiger partial charge < -0.3 is 16.4 Å². The van der Waals surface area contributed by atoms with Crippen molar-refractivity contribution in [3.8, 4) is 0 Å². The van der Waals surface area contributed by atoms with Gasteiger partial charge >= 0.3 is 6.18 Å². The quantitative estimate of drug-likeness (QED) is 0.867. The van der Waals surface area contributed by atoms with Crippen LogP contribution in [0.2, 0.25) is 0 Å². The van der Waals surface area contributed by atoms with Crippen molar-refractivity contribution in [2.75, 3.05) is 18.0 Å². The molecule has 1 aliphatic carbocycles. The summed E-state index contributed by atoms with van der Waals surface area (Å²) in [5.74, 6) is 0.839. The fraction of sp³-hybridized carbons (Fsp3) is 0.706.